The van der Waals surface area contributed by atoms with Crippen LogP contribution in [0.5, 0.6) is 0 Å². The van der Waals surface area contributed by atoms with Gasteiger partial charge in [-0.25, -0.2) is 0 Å². The predicted octanol–water partition coefficient (Wildman–Crippen LogP) is 0.807. The second-order valence-corrected chi connectivity index (χ2v) is 5.46. The summed E-state index contributed by atoms with van der Waals surface area (Å²) in [5, 5.41) is 12.6. The summed E-state index contributed by atoms with van der Waals surface area (Å²) in [5.74, 6) is -0.738. The van der Waals surface area contributed by atoms with Gasteiger partial charge in [-0.3, -0.25) is 9.59 Å². The van der Waals surface area contributed by atoms with Crippen LogP contribution in [0, 0.1) is 17.8 Å². The van der Waals surface area contributed by atoms with Crippen molar-refractivity contribution in [3.63, 3.8) is 0 Å². The van der Waals surface area contributed by atoms with Gasteiger partial charge in [-0.05, 0) is 37.5 Å². The van der Waals surface area contributed by atoms with Crippen molar-refractivity contribution in [2.75, 3.05) is 0 Å². The highest BCUT2D eigenvalue weighted by Crippen LogP contribution is 2.42. The molecule has 0 amide bonds. The third-order valence-electron chi connectivity index (χ3n) is 4.12. The first kappa shape index (κ1) is 10.3. The van der Waals surface area contributed by atoms with Gasteiger partial charge in [0.1, 0.15) is 11.7 Å². The normalized spacial score (nSPS) is 39.8. The number of hydrogen-bond donors (Lipinski definition) is 2. The van der Waals surface area contributed by atoms with Crippen LogP contribution >= 0.6 is 0 Å². The lowest BCUT2D eigenvalue weighted by atomic mass is 9.82. The summed E-state index contributed by atoms with van der Waals surface area (Å²) >= 11 is 0. The third-order valence-corrected chi connectivity index (χ3v) is 4.12. The standard InChI is InChI=1S/C12H17NO3/c14-9-5-8(6-1-2-6)13-11(7-3-4-7)10(9)12(15)16/h6-8,10-11,13H,1-5H2,(H,15,16). The second-order valence-electron chi connectivity index (χ2n) is 5.46. The van der Waals surface area contributed by atoms with Crippen LogP contribution in [0.25, 0.3) is 0 Å². The van der Waals surface area contributed by atoms with E-state index in [-0.39, 0.29) is 17.9 Å². The molecule has 4 heteroatoms. The van der Waals surface area contributed by atoms with Crippen LogP contribution in [-0.2, 0) is 9.59 Å². The van der Waals surface area contributed by atoms with E-state index in [0.717, 1.165) is 12.8 Å². The van der Waals surface area contributed by atoms with Crippen LogP contribution in [0.3, 0.4) is 0 Å². The molecular weight excluding hydrogens is 206 g/mol. The first-order valence-electron chi connectivity index (χ1n) is 6.18. The fourth-order valence-corrected chi connectivity index (χ4v) is 2.90. The van der Waals surface area contributed by atoms with Gasteiger partial charge in [0.25, 0.3) is 0 Å². The van der Waals surface area contributed by atoms with E-state index in [9.17, 15) is 9.59 Å². The smallest absolute Gasteiger partial charge is 0.315 e. The Balaban J connectivity index is 1.78. The Labute approximate surface area is 94.4 Å². The summed E-state index contributed by atoms with van der Waals surface area (Å²) in [7, 11) is 0. The van der Waals surface area contributed by atoms with Crippen molar-refractivity contribution in [1.82, 2.24) is 5.32 Å². The molecule has 0 aromatic carbocycles. The lowest BCUT2D eigenvalue weighted by Crippen LogP contribution is -2.56. The van der Waals surface area contributed by atoms with Crippen molar-refractivity contribution in [2.45, 2.75) is 44.2 Å². The van der Waals surface area contributed by atoms with E-state index in [2.05, 4.69) is 5.32 Å². The van der Waals surface area contributed by atoms with E-state index in [0.29, 0.717) is 18.3 Å². The van der Waals surface area contributed by atoms with E-state index in [4.69, 9.17) is 5.11 Å². The molecule has 0 aromatic heterocycles. The molecule has 0 aromatic rings. The number of nitrogens with one attached hydrogen (secondary N) is 1. The van der Waals surface area contributed by atoms with Crippen LogP contribution in [0.15, 0.2) is 0 Å². The molecule has 3 aliphatic rings. The van der Waals surface area contributed by atoms with Crippen LogP contribution in [0.2, 0.25) is 0 Å². The highest BCUT2D eigenvalue weighted by atomic mass is 16.4. The molecule has 3 fully saturated rings. The number of aliphatic carboxylic acids is 1. The fourth-order valence-electron chi connectivity index (χ4n) is 2.90. The van der Waals surface area contributed by atoms with E-state index in [1.165, 1.54) is 12.8 Å². The molecule has 2 saturated carbocycles. The number of carboxylic acids is 1. The number of ketones is 1. The van der Waals surface area contributed by atoms with Gasteiger partial charge in [-0.15, -0.1) is 0 Å². The summed E-state index contributed by atoms with van der Waals surface area (Å²) in [6, 6.07) is 0.165. The van der Waals surface area contributed by atoms with Gasteiger partial charge in [-0.2, -0.15) is 0 Å². The highest BCUT2D eigenvalue weighted by molar-refractivity contribution is 6.00. The summed E-state index contributed by atoms with van der Waals surface area (Å²) in [4.78, 5) is 23.0. The van der Waals surface area contributed by atoms with Crippen LogP contribution in [-0.4, -0.2) is 28.9 Å². The highest BCUT2D eigenvalue weighted by Gasteiger charge is 2.50. The zero-order chi connectivity index (χ0) is 11.3. The monoisotopic (exact) mass is 223 g/mol. The average Bonchev–Trinajstić information content (AvgIpc) is 3.08. The number of carboxylic acid groups (broad SMARTS) is 1. The van der Waals surface area contributed by atoms with E-state index >= 15 is 0 Å². The zero-order valence-corrected chi connectivity index (χ0v) is 9.19. The molecule has 1 heterocycles. The number of Topliss-reactive ketones (excluding diaryl/α,β-unsaturated/α-hetero) is 1. The Morgan fingerprint density at radius 1 is 1.19 bits per heavy atom. The maximum absolute atomic E-state index is 11.9. The molecular formula is C12H17NO3. The van der Waals surface area contributed by atoms with E-state index < -0.39 is 11.9 Å². The summed E-state index contributed by atoms with van der Waals surface area (Å²) in [6.07, 6.45) is 4.96. The maximum atomic E-state index is 11.9. The molecule has 0 radical (unpaired) electrons. The molecule has 16 heavy (non-hydrogen) atoms. The molecule has 3 atom stereocenters. The predicted molar refractivity (Wildman–Crippen MR) is 56.9 cm³/mol. The Hall–Kier alpha value is -0.900. The van der Waals surface area contributed by atoms with Crippen molar-refractivity contribution >= 4 is 11.8 Å². The minimum atomic E-state index is -0.941. The lowest BCUT2D eigenvalue weighted by molar-refractivity contribution is -0.149. The van der Waals surface area contributed by atoms with Gasteiger partial charge in [0.2, 0.25) is 0 Å². The molecule has 88 valence electrons. The minimum absolute atomic E-state index is 0.0555. The van der Waals surface area contributed by atoms with Crippen molar-refractivity contribution < 1.29 is 14.7 Å². The number of hydrogen-bond acceptors (Lipinski definition) is 3. The van der Waals surface area contributed by atoms with E-state index in [1.807, 2.05) is 0 Å². The zero-order valence-electron chi connectivity index (χ0n) is 9.19. The van der Waals surface area contributed by atoms with Crippen LogP contribution < -0.4 is 5.32 Å². The molecule has 1 aliphatic heterocycles. The Morgan fingerprint density at radius 3 is 2.31 bits per heavy atom. The number of rotatable bonds is 3. The molecule has 1 saturated heterocycles. The number of piperidine rings is 1. The van der Waals surface area contributed by atoms with Gasteiger partial charge < -0.3 is 10.4 Å². The van der Waals surface area contributed by atoms with Crippen molar-refractivity contribution in [3.8, 4) is 0 Å². The van der Waals surface area contributed by atoms with Crippen molar-refractivity contribution in [2.24, 2.45) is 17.8 Å². The van der Waals surface area contributed by atoms with Gasteiger partial charge in [0.05, 0.1) is 0 Å². The van der Waals surface area contributed by atoms with Crippen molar-refractivity contribution in [1.29, 1.82) is 0 Å². The topological polar surface area (TPSA) is 66.4 Å². The molecule has 0 spiro atoms. The second kappa shape index (κ2) is 3.55. The SMILES string of the molecule is O=C(O)C1C(=O)CC(C2CC2)NC1C1CC1. The molecule has 3 unspecified atom stereocenters. The van der Waals surface area contributed by atoms with E-state index in [1.54, 1.807) is 0 Å². The minimum Gasteiger partial charge on any atom is -0.481 e. The molecule has 2 aliphatic carbocycles. The Kier molecular flexibility index (Phi) is 2.28. The van der Waals surface area contributed by atoms with Gasteiger partial charge in [-0.1, -0.05) is 0 Å². The number of carbonyl (C=O) groups excluding carboxylic acids is 1. The third kappa shape index (κ3) is 1.75. The van der Waals surface area contributed by atoms with Crippen LogP contribution in [0.1, 0.15) is 32.1 Å². The van der Waals surface area contributed by atoms with Gasteiger partial charge in [0.15, 0.2) is 0 Å². The Morgan fingerprint density at radius 2 is 1.81 bits per heavy atom. The summed E-state index contributed by atoms with van der Waals surface area (Å²) in [6.45, 7) is 0. The molecule has 3 rings (SSSR count). The summed E-state index contributed by atoms with van der Waals surface area (Å²) in [5.41, 5.74) is 0. The largest absolute Gasteiger partial charge is 0.481 e. The molecule has 0 bridgehead atoms. The quantitative estimate of drug-likeness (QED) is 0.695. The van der Waals surface area contributed by atoms with Crippen LogP contribution in [0.4, 0.5) is 0 Å². The molecule has 4 nitrogen and oxygen atoms in total. The number of carbonyl (C=O) groups is 2. The average molecular weight is 223 g/mol. The first-order valence-corrected chi connectivity index (χ1v) is 6.18. The Bertz CT molecular complexity index is 333. The first-order chi connectivity index (χ1) is 7.66. The summed E-state index contributed by atoms with van der Waals surface area (Å²) < 4.78 is 0. The fraction of sp³-hybridized carbons (Fsp3) is 0.833. The lowest BCUT2D eigenvalue weighted by Gasteiger charge is -2.34. The molecule has 2 N–H and O–H groups in total. The van der Waals surface area contributed by atoms with Crippen molar-refractivity contribution in [3.05, 3.63) is 0 Å². The van der Waals surface area contributed by atoms with Gasteiger partial charge >= 0.3 is 5.97 Å². The maximum Gasteiger partial charge on any atom is 0.315 e. The van der Waals surface area contributed by atoms with Gasteiger partial charge in [0, 0.05) is 18.5 Å².